The van der Waals surface area contributed by atoms with Crippen molar-refractivity contribution in [1.29, 1.82) is 0 Å². The van der Waals surface area contributed by atoms with Gasteiger partial charge in [0, 0.05) is 29.2 Å². The minimum absolute atomic E-state index is 0.0998. The predicted octanol–water partition coefficient (Wildman–Crippen LogP) is 5.62. The van der Waals surface area contributed by atoms with E-state index in [1.54, 1.807) is 17.7 Å². The highest BCUT2D eigenvalue weighted by molar-refractivity contribution is 7.17. The summed E-state index contributed by atoms with van der Waals surface area (Å²) in [5, 5.41) is 9.31. The number of aromatic nitrogens is 2. The van der Waals surface area contributed by atoms with Gasteiger partial charge in [-0.3, -0.25) is 4.79 Å². The van der Waals surface area contributed by atoms with E-state index in [0.717, 1.165) is 45.0 Å². The molecule has 2 heterocycles. The second kappa shape index (κ2) is 7.78. The van der Waals surface area contributed by atoms with Crippen molar-refractivity contribution in [3.8, 4) is 11.1 Å². The van der Waals surface area contributed by atoms with Crippen LogP contribution in [0.4, 0.5) is 17.2 Å². The summed E-state index contributed by atoms with van der Waals surface area (Å²) in [6, 6.07) is 16.2. The van der Waals surface area contributed by atoms with Crippen molar-refractivity contribution in [3.05, 3.63) is 65.8 Å². The van der Waals surface area contributed by atoms with E-state index in [-0.39, 0.29) is 5.91 Å². The standard InChI is InChI=1S/C22H20N4OS/c1-3-15-7-9-16(10-8-15)19-12-28-22-20(19)21(23-13-24-22)26-18-6-4-5-17(11-18)25-14(2)27/h4-13H,3H2,1-2H3,(H,25,27)(H,23,24,26). The number of rotatable bonds is 5. The van der Waals surface area contributed by atoms with E-state index in [2.05, 4.69) is 57.2 Å². The Morgan fingerprint density at radius 2 is 1.86 bits per heavy atom. The molecule has 0 aliphatic carbocycles. The van der Waals surface area contributed by atoms with E-state index in [1.807, 2.05) is 24.3 Å². The second-order valence-corrected chi connectivity index (χ2v) is 7.35. The Balaban J connectivity index is 1.73. The van der Waals surface area contributed by atoms with E-state index in [1.165, 1.54) is 12.5 Å². The van der Waals surface area contributed by atoms with Gasteiger partial charge in [0.25, 0.3) is 0 Å². The van der Waals surface area contributed by atoms with Gasteiger partial charge in [0.15, 0.2) is 0 Å². The summed E-state index contributed by atoms with van der Waals surface area (Å²) in [5.74, 6) is 0.651. The molecular formula is C22H20N4OS. The van der Waals surface area contributed by atoms with Crippen LogP contribution in [0, 0.1) is 0 Å². The average Bonchev–Trinajstić information content (AvgIpc) is 3.13. The number of amides is 1. The first-order valence-corrected chi connectivity index (χ1v) is 9.98. The SMILES string of the molecule is CCc1ccc(-c2csc3ncnc(Nc4cccc(NC(C)=O)c4)c23)cc1. The molecule has 2 N–H and O–H groups in total. The van der Waals surface area contributed by atoms with E-state index in [9.17, 15) is 4.79 Å². The van der Waals surface area contributed by atoms with Gasteiger partial charge in [-0.05, 0) is 35.7 Å². The van der Waals surface area contributed by atoms with Crippen molar-refractivity contribution in [2.24, 2.45) is 0 Å². The molecule has 2 aromatic heterocycles. The largest absolute Gasteiger partial charge is 0.340 e. The molecule has 28 heavy (non-hydrogen) atoms. The Hall–Kier alpha value is -3.25. The molecule has 4 aromatic rings. The number of fused-ring (bicyclic) bond motifs is 1. The van der Waals surface area contributed by atoms with Crippen molar-refractivity contribution in [2.75, 3.05) is 10.6 Å². The van der Waals surface area contributed by atoms with Crippen molar-refractivity contribution >= 4 is 44.7 Å². The van der Waals surface area contributed by atoms with Crippen LogP contribution in [0.25, 0.3) is 21.3 Å². The molecule has 1 amide bonds. The first-order chi connectivity index (χ1) is 13.6. The molecule has 2 aromatic carbocycles. The molecule has 0 radical (unpaired) electrons. The zero-order valence-corrected chi connectivity index (χ0v) is 16.5. The Kier molecular flexibility index (Phi) is 5.04. The zero-order chi connectivity index (χ0) is 19.5. The molecule has 0 bridgehead atoms. The van der Waals surface area contributed by atoms with Gasteiger partial charge < -0.3 is 10.6 Å². The summed E-state index contributed by atoms with van der Waals surface area (Å²) in [4.78, 5) is 21.2. The fourth-order valence-electron chi connectivity index (χ4n) is 3.12. The normalized spacial score (nSPS) is 10.8. The fourth-order valence-corrected chi connectivity index (χ4v) is 4.03. The number of anilines is 3. The molecule has 0 spiro atoms. The van der Waals surface area contributed by atoms with Gasteiger partial charge in [-0.1, -0.05) is 37.3 Å². The molecule has 0 atom stereocenters. The van der Waals surface area contributed by atoms with Crippen LogP contribution in [-0.4, -0.2) is 15.9 Å². The number of nitrogens with zero attached hydrogens (tertiary/aromatic N) is 2. The number of hydrogen-bond donors (Lipinski definition) is 2. The minimum Gasteiger partial charge on any atom is -0.340 e. The number of carbonyl (C=O) groups is 1. The summed E-state index contributed by atoms with van der Waals surface area (Å²) in [5.41, 5.74) is 5.16. The van der Waals surface area contributed by atoms with Gasteiger partial charge in [-0.15, -0.1) is 11.3 Å². The molecule has 0 aliphatic rings. The van der Waals surface area contributed by atoms with Crippen LogP contribution in [-0.2, 0) is 11.2 Å². The van der Waals surface area contributed by atoms with Crippen LogP contribution in [0.2, 0.25) is 0 Å². The van der Waals surface area contributed by atoms with Gasteiger partial charge in [0.05, 0.1) is 5.39 Å². The van der Waals surface area contributed by atoms with Crippen LogP contribution in [0.3, 0.4) is 0 Å². The lowest BCUT2D eigenvalue weighted by molar-refractivity contribution is -0.114. The van der Waals surface area contributed by atoms with Crippen LogP contribution in [0.1, 0.15) is 19.4 Å². The highest BCUT2D eigenvalue weighted by atomic mass is 32.1. The van der Waals surface area contributed by atoms with Gasteiger partial charge in [0.1, 0.15) is 17.0 Å². The number of aryl methyl sites for hydroxylation is 1. The highest BCUT2D eigenvalue weighted by Gasteiger charge is 2.13. The summed E-state index contributed by atoms with van der Waals surface area (Å²) >= 11 is 1.61. The lowest BCUT2D eigenvalue weighted by atomic mass is 10.0. The van der Waals surface area contributed by atoms with Crippen LogP contribution >= 0.6 is 11.3 Å². The highest BCUT2D eigenvalue weighted by Crippen LogP contribution is 2.37. The Labute approximate surface area is 167 Å². The van der Waals surface area contributed by atoms with Gasteiger partial charge in [0.2, 0.25) is 5.91 Å². The lowest BCUT2D eigenvalue weighted by Gasteiger charge is -2.10. The molecule has 140 valence electrons. The monoisotopic (exact) mass is 388 g/mol. The molecule has 0 aliphatic heterocycles. The molecular weight excluding hydrogens is 368 g/mol. The van der Waals surface area contributed by atoms with E-state index in [0.29, 0.717) is 0 Å². The van der Waals surface area contributed by atoms with Crippen LogP contribution in [0.15, 0.2) is 60.2 Å². The number of nitrogens with one attached hydrogen (secondary N) is 2. The number of carbonyl (C=O) groups excluding carboxylic acids is 1. The summed E-state index contributed by atoms with van der Waals surface area (Å²) < 4.78 is 0. The first kappa shape index (κ1) is 18.1. The summed E-state index contributed by atoms with van der Waals surface area (Å²) in [6.45, 7) is 3.65. The molecule has 4 rings (SSSR count). The summed E-state index contributed by atoms with van der Waals surface area (Å²) in [6.07, 6.45) is 2.59. The predicted molar refractivity (Wildman–Crippen MR) is 116 cm³/mol. The van der Waals surface area contributed by atoms with E-state index >= 15 is 0 Å². The van der Waals surface area contributed by atoms with Crippen molar-refractivity contribution < 1.29 is 4.79 Å². The zero-order valence-electron chi connectivity index (χ0n) is 15.7. The topological polar surface area (TPSA) is 66.9 Å². The van der Waals surface area contributed by atoms with Crippen LogP contribution < -0.4 is 10.6 Å². The fraction of sp³-hybridized carbons (Fsp3) is 0.136. The smallest absolute Gasteiger partial charge is 0.221 e. The maximum Gasteiger partial charge on any atom is 0.221 e. The second-order valence-electron chi connectivity index (χ2n) is 6.49. The Morgan fingerprint density at radius 3 is 2.61 bits per heavy atom. The number of hydrogen-bond acceptors (Lipinski definition) is 5. The third kappa shape index (κ3) is 3.73. The van der Waals surface area contributed by atoms with E-state index in [4.69, 9.17) is 0 Å². The van der Waals surface area contributed by atoms with E-state index < -0.39 is 0 Å². The summed E-state index contributed by atoms with van der Waals surface area (Å²) in [7, 11) is 0. The number of thiophene rings is 1. The first-order valence-electron chi connectivity index (χ1n) is 9.10. The minimum atomic E-state index is -0.0998. The van der Waals surface area contributed by atoms with Gasteiger partial charge in [-0.25, -0.2) is 9.97 Å². The van der Waals surface area contributed by atoms with Gasteiger partial charge >= 0.3 is 0 Å². The average molecular weight is 388 g/mol. The lowest BCUT2D eigenvalue weighted by Crippen LogP contribution is -2.05. The van der Waals surface area contributed by atoms with Crippen molar-refractivity contribution in [2.45, 2.75) is 20.3 Å². The maximum absolute atomic E-state index is 11.3. The Morgan fingerprint density at radius 1 is 1.07 bits per heavy atom. The molecule has 0 saturated carbocycles. The third-order valence-corrected chi connectivity index (χ3v) is 5.38. The van der Waals surface area contributed by atoms with Gasteiger partial charge in [-0.2, -0.15) is 0 Å². The number of benzene rings is 2. The molecule has 5 nitrogen and oxygen atoms in total. The third-order valence-electron chi connectivity index (χ3n) is 4.49. The molecule has 0 fully saturated rings. The quantitative estimate of drug-likeness (QED) is 0.465. The molecule has 0 unspecified atom stereocenters. The van der Waals surface area contributed by atoms with Crippen molar-refractivity contribution in [1.82, 2.24) is 9.97 Å². The molecule has 6 heteroatoms. The molecule has 0 saturated heterocycles. The Bertz CT molecular complexity index is 1130. The van der Waals surface area contributed by atoms with Crippen LogP contribution in [0.5, 0.6) is 0 Å². The maximum atomic E-state index is 11.3. The van der Waals surface area contributed by atoms with Crippen molar-refractivity contribution in [3.63, 3.8) is 0 Å².